The summed E-state index contributed by atoms with van der Waals surface area (Å²) in [6.07, 6.45) is 10.6. The second kappa shape index (κ2) is 10.2. The van der Waals surface area contributed by atoms with Gasteiger partial charge in [-0.15, -0.1) is 0 Å². The number of hydrogen-bond acceptors (Lipinski definition) is 4. The Morgan fingerprint density at radius 2 is 1.89 bits per heavy atom. The maximum Gasteiger partial charge on any atom is 0.228 e. The predicted octanol–water partition coefficient (Wildman–Crippen LogP) is 5.37. The second-order valence-electron chi connectivity index (χ2n) is 11.7. The number of rotatable bonds is 3. The van der Waals surface area contributed by atoms with Gasteiger partial charge in [0.05, 0.1) is 12.5 Å². The molecule has 36 heavy (non-hydrogen) atoms. The maximum absolute atomic E-state index is 14.6. The quantitative estimate of drug-likeness (QED) is 0.632. The molecule has 1 aromatic carbocycles. The number of piperidine rings is 1. The minimum Gasteiger partial charge on any atom is -0.477 e. The molecule has 3 aliphatic heterocycles. The van der Waals surface area contributed by atoms with Gasteiger partial charge in [-0.1, -0.05) is 55.7 Å². The molecule has 1 saturated carbocycles. The van der Waals surface area contributed by atoms with E-state index in [1.54, 1.807) is 0 Å². The Kier molecular flexibility index (Phi) is 6.76. The van der Waals surface area contributed by atoms with Crippen molar-refractivity contribution < 1.29 is 9.53 Å². The molecular weight excluding hydrogens is 446 g/mol. The minimum absolute atomic E-state index is 0.0539. The molecule has 2 saturated heterocycles. The van der Waals surface area contributed by atoms with Gasteiger partial charge in [0.1, 0.15) is 0 Å². The van der Waals surface area contributed by atoms with E-state index in [1.165, 1.54) is 37.7 Å². The van der Waals surface area contributed by atoms with Crippen molar-refractivity contribution in [1.29, 1.82) is 0 Å². The molecule has 1 spiro atoms. The summed E-state index contributed by atoms with van der Waals surface area (Å²) in [7, 11) is 0. The van der Waals surface area contributed by atoms with E-state index in [-0.39, 0.29) is 11.3 Å². The summed E-state index contributed by atoms with van der Waals surface area (Å²) in [6, 6.07) is 15.6. The number of carbonyl (C=O) groups excluding carboxylic acids is 1. The number of nitrogens with zero attached hydrogens (tertiary/aromatic N) is 2. The van der Waals surface area contributed by atoms with Crippen molar-refractivity contribution >= 4 is 5.91 Å². The fourth-order valence-corrected chi connectivity index (χ4v) is 7.81. The molecule has 1 N–H and O–H groups in total. The van der Waals surface area contributed by atoms with Crippen molar-refractivity contribution in [3.05, 3.63) is 59.3 Å². The highest BCUT2D eigenvalue weighted by atomic mass is 16.5. The van der Waals surface area contributed by atoms with Crippen LogP contribution in [0.25, 0.3) is 0 Å². The van der Waals surface area contributed by atoms with Crippen LogP contribution in [0.15, 0.2) is 42.5 Å². The van der Waals surface area contributed by atoms with Crippen LogP contribution in [0.3, 0.4) is 0 Å². The van der Waals surface area contributed by atoms with Gasteiger partial charge >= 0.3 is 0 Å². The van der Waals surface area contributed by atoms with Gasteiger partial charge in [-0.25, -0.2) is 4.98 Å². The van der Waals surface area contributed by atoms with Crippen LogP contribution in [-0.2, 0) is 10.2 Å². The summed E-state index contributed by atoms with van der Waals surface area (Å²) in [5.74, 6) is 2.25. The standard InChI is InChI=1S/C31H41N3O2/c1-22-13-14-26-29(33-22)36-18-8-16-31(26)21-32-20-27(31)30(35)34-17-15-25(23-9-4-2-5-10-23)19-28(34)24-11-6-3-7-12-24/h2,4-5,9-10,13-14,24-25,27-28,32H,3,6-8,11-12,15-21H2,1H3/t25-,27+,28+,31+/m1/s1. The maximum atomic E-state index is 14.6. The number of fused-ring (bicyclic) bond motifs is 2. The first-order valence-corrected chi connectivity index (χ1v) is 14.3. The van der Waals surface area contributed by atoms with E-state index in [0.29, 0.717) is 30.4 Å². The molecule has 4 heterocycles. The summed E-state index contributed by atoms with van der Waals surface area (Å²) >= 11 is 0. The van der Waals surface area contributed by atoms with Crippen LogP contribution in [0.1, 0.15) is 80.5 Å². The number of benzene rings is 1. The molecule has 1 aromatic heterocycles. The second-order valence-corrected chi connectivity index (χ2v) is 11.7. The topological polar surface area (TPSA) is 54.5 Å². The Labute approximate surface area is 216 Å². The molecule has 4 atom stereocenters. The molecule has 5 heteroatoms. The van der Waals surface area contributed by atoms with Crippen LogP contribution in [0.2, 0.25) is 0 Å². The number of hydrogen-bond donors (Lipinski definition) is 1. The van der Waals surface area contributed by atoms with Gasteiger partial charge in [0.25, 0.3) is 0 Å². The highest BCUT2D eigenvalue weighted by Crippen LogP contribution is 2.47. The molecule has 0 unspecified atom stereocenters. The summed E-state index contributed by atoms with van der Waals surface area (Å²) in [6.45, 7) is 5.16. The van der Waals surface area contributed by atoms with E-state index < -0.39 is 0 Å². The first kappa shape index (κ1) is 24.0. The molecule has 1 aliphatic carbocycles. The van der Waals surface area contributed by atoms with Crippen molar-refractivity contribution in [2.75, 3.05) is 26.2 Å². The lowest BCUT2D eigenvalue weighted by atomic mass is 9.68. The van der Waals surface area contributed by atoms with Crippen molar-refractivity contribution in [3.63, 3.8) is 0 Å². The number of aromatic nitrogens is 1. The van der Waals surface area contributed by atoms with Gasteiger partial charge in [0.15, 0.2) is 0 Å². The largest absolute Gasteiger partial charge is 0.477 e. The average Bonchev–Trinajstić information content (AvgIpc) is 3.27. The number of likely N-dealkylation sites (tertiary alicyclic amines) is 1. The third kappa shape index (κ3) is 4.34. The normalized spacial score (nSPS) is 31.0. The number of pyridine rings is 1. The van der Waals surface area contributed by atoms with Crippen molar-refractivity contribution in [3.8, 4) is 5.88 Å². The Balaban J connectivity index is 1.31. The smallest absolute Gasteiger partial charge is 0.228 e. The lowest BCUT2D eigenvalue weighted by Crippen LogP contribution is -2.54. The number of aryl methyl sites for hydroxylation is 1. The third-order valence-electron chi connectivity index (χ3n) is 9.69. The summed E-state index contributed by atoms with van der Waals surface area (Å²) in [5, 5.41) is 3.63. The SMILES string of the molecule is Cc1ccc2c(n1)OCCC[C@]21CNC[C@H]1C(=O)N1CC[C@@H](c2ccccc2)C[C@H]1C1CCCCC1. The van der Waals surface area contributed by atoms with Gasteiger partial charge in [-0.05, 0) is 68.9 Å². The zero-order valence-electron chi connectivity index (χ0n) is 21.8. The van der Waals surface area contributed by atoms with E-state index in [9.17, 15) is 4.79 Å². The zero-order valence-corrected chi connectivity index (χ0v) is 21.8. The molecule has 5 nitrogen and oxygen atoms in total. The Bertz CT molecular complexity index is 1070. The van der Waals surface area contributed by atoms with Gasteiger partial charge in [0.2, 0.25) is 11.8 Å². The van der Waals surface area contributed by atoms with Gasteiger partial charge < -0.3 is 15.0 Å². The molecule has 4 aliphatic rings. The molecular formula is C31H41N3O2. The number of nitrogens with one attached hydrogen (secondary N) is 1. The Morgan fingerprint density at radius 3 is 2.72 bits per heavy atom. The molecule has 6 rings (SSSR count). The summed E-state index contributed by atoms with van der Waals surface area (Å²) < 4.78 is 6.11. The van der Waals surface area contributed by atoms with E-state index >= 15 is 0 Å². The summed E-state index contributed by atoms with van der Waals surface area (Å²) in [5.41, 5.74) is 3.33. The van der Waals surface area contributed by atoms with Crippen molar-refractivity contribution in [2.45, 2.75) is 82.1 Å². The molecule has 0 bridgehead atoms. The Hall–Kier alpha value is -2.40. The zero-order chi connectivity index (χ0) is 24.5. The van der Waals surface area contributed by atoms with Crippen LogP contribution in [0, 0.1) is 18.8 Å². The molecule has 192 valence electrons. The first-order valence-electron chi connectivity index (χ1n) is 14.3. The van der Waals surface area contributed by atoms with E-state index in [1.807, 2.05) is 6.92 Å². The van der Waals surface area contributed by atoms with Gasteiger partial charge in [-0.2, -0.15) is 0 Å². The number of ether oxygens (including phenoxy) is 1. The van der Waals surface area contributed by atoms with Gasteiger partial charge in [-0.3, -0.25) is 4.79 Å². The lowest BCUT2D eigenvalue weighted by molar-refractivity contribution is -0.142. The molecule has 0 radical (unpaired) electrons. The third-order valence-corrected chi connectivity index (χ3v) is 9.69. The highest BCUT2D eigenvalue weighted by molar-refractivity contribution is 5.82. The van der Waals surface area contributed by atoms with Crippen LogP contribution in [0.4, 0.5) is 0 Å². The van der Waals surface area contributed by atoms with Crippen LogP contribution in [0.5, 0.6) is 5.88 Å². The number of carbonyl (C=O) groups is 1. The first-order chi connectivity index (χ1) is 17.7. The fourth-order valence-electron chi connectivity index (χ4n) is 7.81. The van der Waals surface area contributed by atoms with Crippen LogP contribution >= 0.6 is 0 Å². The monoisotopic (exact) mass is 487 g/mol. The average molecular weight is 488 g/mol. The van der Waals surface area contributed by atoms with Crippen LogP contribution < -0.4 is 10.1 Å². The molecule has 3 fully saturated rings. The van der Waals surface area contributed by atoms with Crippen LogP contribution in [-0.4, -0.2) is 48.1 Å². The molecule has 1 amide bonds. The molecule has 2 aromatic rings. The predicted molar refractivity (Wildman–Crippen MR) is 142 cm³/mol. The van der Waals surface area contributed by atoms with E-state index in [4.69, 9.17) is 9.72 Å². The highest BCUT2D eigenvalue weighted by Gasteiger charge is 2.52. The van der Waals surface area contributed by atoms with Crippen molar-refractivity contribution in [2.24, 2.45) is 11.8 Å². The van der Waals surface area contributed by atoms with Gasteiger partial charge in [0, 0.05) is 42.3 Å². The minimum atomic E-state index is -0.225. The number of amides is 1. The lowest BCUT2D eigenvalue weighted by Gasteiger charge is -2.47. The fraction of sp³-hybridized carbons (Fsp3) is 0.613. The Morgan fingerprint density at radius 1 is 1.06 bits per heavy atom. The summed E-state index contributed by atoms with van der Waals surface area (Å²) in [4.78, 5) is 21.7. The van der Waals surface area contributed by atoms with E-state index in [0.717, 1.165) is 62.5 Å². The van der Waals surface area contributed by atoms with Crippen molar-refractivity contribution in [1.82, 2.24) is 15.2 Å². The van der Waals surface area contributed by atoms with E-state index in [2.05, 4.69) is 52.7 Å².